The van der Waals surface area contributed by atoms with E-state index in [1.807, 2.05) is 12.1 Å². The smallest absolute Gasteiger partial charge is 0.195 e. The maximum atomic E-state index is 5.70. The Morgan fingerprint density at radius 3 is 2.67 bits per heavy atom. The lowest BCUT2D eigenvalue weighted by molar-refractivity contribution is 0.939. The van der Waals surface area contributed by atoms with Crippen molar-refractivity contribution >= 4 is 27.4 Å². The molecule has 27 heavy (non-hydrogen) atoms. The van der Waals surface area contributed by atoms with E-state index in [1.54, 1.807) is 30.1 Å². The molecule has 4 rings (SSSR count). The summed E-state index contributed by atoms with van der Waals surface area (Å²) in [5.41, 5.74) is 11.0. The molecule has 0 spiro atoms. The highest BCUT2D eigenvalue weighted by Gasteiger charge is 2.15. The molecule has 1 aromatic carbocycles. The largest absolute Gasteiger partial charge is 0.326 e. The second kappa shape index (κ2) is 7.69. The van der Waals surface area contributed by atoms with Crippen LogP contribution in [0, 0.1) is 6.92 Å². The second-order valence-corrected chi connectivity index (χ2v) is 7.11. The Morgan fingerprint density at radius 2 is 1.93 bits per heavy atom. The first-order valence-electron chi connectivity index (χ1n) is 8.56. The van der Waals surface area contributed by atoms with Crippen LogP contribution >= 0.6 is 11.3 Å². The first kappa shape index (κ1) is 17.4. The third kappa shape index (κ3) is 3.60. The standard InChI is InChI=1S/C20H18N6S/c1-13-17-19(27-18(13)16-6-4-14(9-21)5-7-16)20(24-12-23-17)26-25-11-15-3-2-8-22-10-15/h2-8,10,12H,9,11,21H2,1H3. The first-order valence-corrected chi connectivity index (χ1v) is 9.38. The van der Waals surface area contributed by atoms with Gasteiger partial charge in [0.25, 0.3) is 0 Å². The molecule has 0 radical (unpaired) electrons. The highest BCUT2D eigenvalue weighted by atomic mass is 32.1. The van der Waals surface area contributed by atoms with E-state index in [0.29, 0.717) is 18.9 Å². The molecule has 0 saturated heterocycles. The van der Waals surface area contributed by atoms with Crippen LogP contribution < -0.4 is 5.73 Å². The molecule has 7 heteroatoms. The zero-order valence-corrected chi connectivity index (χ0v) is 15.6. The first-order chi connectivity index (χ1) is 13.3. The van der Waals surface area contributed by atoms with Gasteiger partial charge in [0.05, 0.1) is 12.1 Å². The topological polar surface area (TPSA) is 89.4 Å². The molecule has 2 N–H and O–H groups in total. The molecule has 0 amide bonds. The van der Waals surface area contributed by atoms with E-state index in [0.717, 1.165) is 37.3 Å². The summed E-state index contributed by atoms with van der Waals surface area (Å²) in [6, 6.07) is 12.2. The molecule has 4 aromatic rings. The number of nitrogens with zero attached hydrogens (tertiary/aromatic N) is 5. The van der Waals surface area contributed by atoms with E-state index in [-0.39, 0.29) is 0 Å². The van der Waals surface area contributed by atoms with Gasteiger partial charge in [0.1, 0.15) is 11.0 Å². The van der Waals surface area contributed by atoms with Crippen LogP contribution in [0.2, 0.25) is 0 Å². The monoisotopic (exact) mass is 374 g/mol. The van der Waals surface area contributed by atoms with Gasteiger partial charge in [0.15, 0.2) is 5.82 Å². The van der Waals surface area contributed by atoms with E-state index in [4.69, 9.17) is 5.73 Å². The van der Waals surface area contributed by atoms with Crippen LogP contribution in [-0.4, -0.2) is 15.0 Å². The van der Waals surface area contributed by atoms with E-state index < -0.39 is 0 Å². The molecule has 0 atom stereocenters. The van der Waals surface area contributed by atoms with Gasteiger partial charge in [-0.15, -0.1) is 16.5 Å². The van der Waals surface area contributed by atoms with Crippen LogP contribution in [0.15, 0.2) is 65.3 Å². The van der Waals surface area contributed by atoms with Gasteiger partial charge in [-0.3, -0.25) is 4.98 Å². The van der Waals surface area contributed by atoms with E-state index in [2.05, 4.69) is 56.4 Å². The van der Waals surface area contributed by atoms with Crippen LogP contribution in [0.3, 0.4) is 0 Å². The third-order valence-electron chi connectivity index (χ3n) is 4.28. The van der Waals surface area contributed by atoms with Crippen molar-refractivity contribution < 1.29 is 0 Å². The number of hydrogen-bond donors (Lipinski definition) is 1. The van der Waals surface area contributed by atoms with E-state index in [9.17, 15) is 0 Å². The highest BCUT2D eigenvalue weighted by Crippen LogP contribution is 2.40. The van der Waals surface area contributed by atoms with Crippen LogP contribution in [-0.2, 0) is 13.1 Å². The minimum Gasteiger partial charge on any atom is -0.326 e. The number of hydrogen-bond acceptors (Lipinski definition) is 7. The molecule has 0 saturated carbocycles. The van der Waals surface area contributed by atoms with Crippen LogP contribution in [0.4, 0.5) is 5.82 Å². The van der Waals surface area contributed by atoms with Gasteiger partial charge in [-0.1, -0.05) is 30.3 Å². The van der Waals surface area contributed by atoms with Gasteiger partial charge >= 0.3 is 0 Å². The minimum atomic E-state index is 0.469. The Balaban J connectivity index is 1.68. The molecule has 0 aliphatic carbocycles. The molecule has 134 valence electrons. The predicted octanol–water partition coefficient (Wildman–Crippen LogP) is 4.80. The molecule has 3 aromatic heterocycles. The summed E-state index contributed by atoms with van der Waals surface area (Å²) in [5.74, 6) is 0.599. The molecular weight excluding hydrogens is 356 g/mol. The van der Waals surface area contributed by atoms with Crippen molar-refractivity contribution in [1.29, 1.82) is 0 Å². The summed E-state index contributed by atoms with van der Waals surface area (Å²) in [7, 11) is 0. The fourth-order valence-electron chi connectivity index (χ4n) is 2.83. The molecule has 0 aliphatic heterocycles. The van der Waals surface area contributed by atoms with Crippen molar-refractivity contribution in [2.75, 3.05) is 0 Å². The number of nitrogens with two attached hydrogens (primary N) is 1. The number of pyridine rings is 1. The van der Waals surface area contributed by atoms with Gasteiger partial charge in [0, 0.05) is 23.8 Å². The number of benzene rings is 1. The average molecular weight is 374 g/mol. The molecule has 6 nitrogen and oxygen atoms in total. The Bertz CT molecular complexity index is 1090. The van der Waals surface area contributed by atoms with E-state index >= 15 is 0 Å². The molecule has 0 unspecified atom stereocenters. The van der Waals surface area contributed by atoms with Gasteiger partial charge < -0.3 is 5.73 Å². The fourth-order valence-corrected chi connectivity index (χ4v) is 4.02. The van der Waals surface area contributed by atoms with Crippen molar-refractivity contribution in [1.82, 2.24) is 15.0 Å². The molecular formula is C20H18N6S. The van der Waals surface area contributed by atoms with Crippen LogP contribution in [0.5, 0.6) is 0 Å². The Hall–Kier alpha value is -3.03. The summed E-state index contributed by atoms with van der Waals surface area (Å²) < 4.78 is 0.947. The number of aromatic nitrogens is 3. The Labute approximate surface area is 160 Å². The average Bonchev–Trinajstić information content (AvgIpc) is 3.06. The maximum absolute atomic E-state index is 5.70. The normalized spacial score (nSPS) is 11.5. The fraction of sp³-hybridized carbons (Fsp3) is 0.150. The Morgan fingerprint density at radius 1 is 1.07 bits per heavy atom. The van der Waals surface area contributed by atoms with Crippen molar-refractivity contribution in [2.45, 2.75) is 20.0 Å². The zero-order chi connectivity index (χ0) is 18.6. The maximum Gasteiger partial charge on any atom is 0.195 e. The quantitative estimate of drug-likeness (QED) is 0.508. The molecule has 3 heterocycles. The van der Waals surface area contributed by atoms with Gasteiger partial charge in [0.2, 0.25) is 0 Å². The molecule has 0 aliphatic rings. The summed E-state index contributed by atoms with van der Waals surface area (Å²) in [5, 5.41) is 8.63. The summed E-state index contributed by atoms with van der Waals surface area (Å²) in [6.07, 6.45) is 5.07. The minimum absolute atomic E-state index is 0.469. The van der Waals surface area contributed by atoms with Crippen LogP contribution in [0.25, 0.3) is 20.7 Å². The van der Waals surface area contributed by atoms with Crippen molar-refractivity contribution in [3.8, 4) is 10.4 Å². The number of thiophene rings is 1. The van der Waals surface area contributed by atoms with Gasteiger partial charge in [-0.25, -0.2) is 9.97 Å². The van der Waals surface area contributed by atoms with Crippen molar-refractivity contribution in [3.05, 3.63) is 71.8 Å². The summed E-state index contributed by atoms with van der Waals surface area (Å²) in [6.45, 7) is 3.09. The SMILES string of the molecule is Cc1c(-c2ccc(CN)cc2)sc2c(N=NCc3cccnc3)ncnc12. The Kier molecular flexibility index (Phi) is 4.95. The third-order valence-corrected chi connectivity index (χ3v) is 5.60. The second-order valence-electron chi connectivity index (χ2n) is 6.09. The van der Waals surface area contributed by atoms with E-state index in [1.165, 1.54) is 0 Å². The van der Waals surface area contributed by atoms with Crippen molar-refractivity contribution in [3.63, 3.8) is 0 Å². The predicted molar refractivity (Wildman–Crippen MR) is 108 cm³/mol. The lowest BCUT2D eigenvalue weighted by Crippen LogP contribution is -1.95. The number of rotatable bonds is 5. The van der Waals surface area contributed by atoms with Gasteiger partial charge in [-0.2, -0.15) is 5.11 Å². The van der Waals surface area contributed by atoms with Crippen molar-refractivity contribution in [2.24, 2.45) is 16.0 Å². The summed E-state index contributed by atoms with van der Waals surface area (Å²) in [4.78, 5) is 14.0. The van der Waals surface area contributed by atoms with Gasteiger partial charge in [-0.05, 0) is 35.2 Å². The van der Waals surface area contributed by atoms with Crippen LogP contribution in [0.1, 0.15) is 16.7 Å². The lowest BCUT2D eigenvalue weighted by atomic mass is 10.1. The number of azo groups is 1. The number of fused-ring (bicyclic) bond motifs is 1. The molecule has 0 bridgehead atoms. The number of aryl methyl sites for hydroxylation is 1. The zero-order valence-electron chi connectivity index (χ0n) is 14.8. The molecule has 0 fully saturated rings. The highest BCUT2D eigenvalue weighted by molar-refractivity contribution is 7.23. The lowest BCUT2D eigenvalue weighted by Gasteiger charge is -2.01. The summed E-state index contributed by atoms with van der Waals surface area (Å²) >= 11 is 1.64.